The molecule has 0 aliphatic rings. The lowest BCUT2D eigenvalue weighted by molar-refractivity contribution is -0.137. The Kier molecular flexibility index (Phi) is 5.58. The van der Waals surface area contributed by atoms with Crippen molar-refractivity contribution < 1.29 is 13.2 Å². The predicted molar refractivity (Wildman–Crippen MR) is 116 cm³/mol. The fourth-order valence-electron chi connectivity index (χ4n) is 3.17. The molecule has 7 heteroatoms. The van der Waals surface area contributed by atoms with E-state index in [1.807, 2.05) is 47.1 Å². The third kappa shape index (κ3) is 4.37. The van der Waals surface area contributed by atoms with Gasteiger partial charge in [0, 0.05) is 16.6 Å². The number of hydrogen-bond acceptors (Lipinski definition) is 1. The molecule has 0 bridgehead atoms. The van der Waals surface area contributed by atoms with E-state index >= 15 is 0 Å². The normalized spacial score (nSPS) is 12.2. The van der Waals surface area contributed by atoms with Crippen LogP contribution in [0.4, 0.5) is 13.2 Å². The molecule has 3 aromatic carbocycles. The van der Waals surface area contributed by atoms with Crippen LogP contribution >= 0.6 is 23.2 Å². The lowest BCUT2D eigenvalue weighted by atomic mass is 10.1. The second-order valence-electron chi connectivity index (χ2n) is 6.74. The number of imidazole rings is 1. The lowest BCUT2D eigenvalue weighted by Crippen LogP contribution is -2.06. The first-order chi connectivity index (χ1) is 14.3. The summed E-state index contributed by atoms with van der Waals surface area (Å²) >= 11 is 12.2. The van der Waals surface area contributed by atoms with Crippen LogP contribution < -0.4 is 0 Å². The molecular formula is C23H15Cl2F3N2. The van der Waals surface area contributed by atoms with Crippen LogP contribution in [0.15, 0.2) is 66.7 Å². The third-order valence-electron chi connectivity index (χ3n) is 4.68. The lowest BCUT2D eigenvalue weighted by Gasteiger charge is -2.10. The molecule has 0 fully saturated rings. The van der Waals surface area contributed by atoms with Crippen LogP contribution in [0.2, 0.25) is 10.0 Å². The smallest absolute Gasteiger partial charge is 0.320 e. The number of halogens is 5. The van der Waals surface area contributed by atoms with Crippen molar-refractivity contribution in [3.05, 3.63) is 99.3 Å². The standard InChI is InChI=1S/C23H15Cl2F3N2/c24-18-11-7-16(19(25)13-18)8-12-22-29-20-3-1-2-4-21(20)30(22)14-15-5-9-17(10-6-15)23(26,27)28/h1-13H,14H2. The monoisotopic (exact) mass is 446 g/mol. The van der Waals surface area contributed by atoms with Gasteiger partial charge in [0.25, 0.3) is 0 Å². The Labute approximate surface area is 181 Å². The van der Waals surface area contributed by atoms with Gasteiger partial charge in [-0.25, -0.2) is 4.98 Å². The highest BCUT2D eigenvalue weighted by atomic mass is 35.5. The van der Waals surface area contributed by atoms with Gasteiger partial charge < -0.3 is 4.57 Å². The van der Waals surface area contributed by atoms with Crippen LogP contribution in [0.3, 0.4) is 0 Å². The molecule has 0 saturated carbocycles. The molecule has 152 valence electrons. The number of para-hydroxylation sites is 2. The molecule has 0 spiro atoms. The zero-order chi connectivity index (χ0) is 21.3. The van der Waals surface area contributed by atoms with Gasteiger partial charge in [0.1, 0.15) is 5.82 Å². The maximum Gasteiger partial charge on any atom is 0.416 e. The number of benzene rings is 3. The van der Waals surface area contributed by atoms with Gasteiger partial charge in [-0.2, -0.15) is 13.2 Å². The Hall–Kier alpha value is -2.76. The molecule has 0 amide bonds. The summed E-state index contributed by atoms with van der Waals surface area (Å²) in [5.41, 5.74) is 2.55. The minimum atomic E-state index is -4.36. The molecule has 4 aromatic rings. The van der Waals surface area contributed by atoms with E-state index in [9.17, 15) is 13.2 Å². The zero-order valence-electron chi connectivity index (χ0n) is 15.5. The van der Waals surface area contributed by atoms with Gasteiger partial charge in [-0.05, 0) is 59.7 Å². The van der Waals surface area contributed by atoms with Gasteiger partial charge in [0.15, 0.2) is 0 Å². The molecule has 2 nitrogen and oxygen atoms in total. The average molecular weight is 447 g/mol. The number of aromatic nitrogens is 2. The van der Waals surface area contributed by atoms with Crippen LogP contribution in [0.5, 0.6) is 0 Å². The number of fused-ring (bicyclic) bond motifs is 1. The minimum absolute atomic E-state index is 0.382. The number of alkyl halides is 3. The highest BCUT2D eigenvalue weighted by Crippen LogP contribution is 2.30. The van der Waals surface area contributed by atoms with E-state index in [1.54, 1.807) is 12.1 Å². The van der Waals surface area contributed by atoms with E-state index in [-0.39, 0.29) is 0 Å². The first-order valence-electron chi connectivity index (χ1n) is 9.06. The van der Waals surface area contributed by atoms with Crippen molar-refractivity contribution in [2.75, 3.05) is 0 Å². The molecule has 1 heterocycles. The summed E-state index contributed by atoms with van der Waals surface area (Å²) in [6, 6.07) is 18.0. The molecular weight excluding hydrogens is 432 g/mol. The summed E-state index contributed by atoms with van der Waals surface area (Å²) in [7, 11) is 0. The average Bonchev–Trinajstić information content (AvgIpc) is 3.05. The van der Waals surface area contributed by atoms with Crippen LogP contribution in [-0.4, -0.2) is 9.55 Å². The third-order valence-corrected chi connectivity index (χ3v) is 5.24. The van der Waals surface area contributed by atoms with E-state index < -0.39 is 11.7 Å². The molecule has 0 radical (unpaired) electrons. The maximum absolute atomic E-state index is 12.8. The summed E-state index contributed by atoms with van der Waals surface area (Å²) in [5.74, 6) is 0.669. The summed E-state index contributed by atoms with van der Waals surface area (Å²) in [4.78, 5) is 4.65. The Morgan fingerprint density at radius 1 is 0.900 bits per heavy atom. The van der Waals surface area contributed by atoms with Crippen molar-refractivity contribution in [2.45, 2.75) is 12.7 Å². The Morgan fingerprint density at radius 3 is 2.33 bits per heavy atom. The highest BCUT2D eigenvalue weighted by Gasteiger charge is 2.29. The molecule has 0 atom stereocenters. The van der Waals surface area contributed by atoms with Crippen LogP contribution in [0, 0.1) is 0 Å². The van der Waals surface area contributed by atoms with Gasteiger partial charge in [0.05, 0.1) is 16.6 Å². The zero-order valence-corrected chi connectivity index (χ0v) is 17.0. The second-order valence-corrected chi connectivity index (χ2v) is 7.58. The maximum atomic E-state index is 12.8. The molecule has 1 aromatic heterocycles. The highest BCUT2D eigenvalue weighted by molar-refractivity contribution is 6.35. The minimum Gasteiger partial charge on any atom is -0.320 e. The summed E-state index contributed by atoms with van der Waals surface area (Å²) in [6.07, 6.45) is -0.686. The van der Waals surface area contributed by atoms with Gasteiger partial charge in [-0.1, -0.05) is 53.5 Å². The molecule has 0 N–H and O–H groups in total. The largest absolute Gasteiger partial charge is 0.416 e. The molecule has 0 saturated heterocycles. The van der Waals surface area contributed by atoms with E-state index in [0.717, 1.165) is 34.3 Å². The van der Waals surface area contributed by atoms with Gasteiger partial charge in [-0.15, -0.1) is 0 Å². The van der Waals surface area contributed by atoms with Crippen LogP contribution in [0.25, 0.3) is 23.2 Å². The SMILES string of the molecule is FC(F)(F)c1ccc(Cn2c(C=Cc3ccc(Cl)cc3Cl)nc3ccccc32)cc1. The summed E-state index contributed by atoms with van der Waals surface area (Å²) in [6.45, 7) is 0.382. The van der Waals surface area contributed by atoms with Crippen molar-refractivity contribution in [3.8, 4) is 0 Å². The molecule has 0 unspecified atom stereocenters. The van der Waals surface area contributed by atoms with Crippen LogP contribution in [0.1, 0.15) is 22.5 Å². The second kappa shape index (κ2) is 8.17. The van der Waals surface area contributed by atoms with E-state index in [0.29, 0.717) is 22.4 Å². The van der Waals surface area contributed by atoms with E-state index in [2.05, 4.69) is 4.98 Å². The number of rotatable bonds is 4. The summed E-state index contributed by atoms with van der Waals surface area (Å²) in [5, 5.41) is 1.07. The van der Waals surface area contributed by atoms with Gasteiger partial charge in [0.2, 0.25) is 0 Å². The molecule has 0 aliphatic carbocycles. The van der Waals surface area contributed by atoms with Gasteiger partial charge >= 0.3 is 6.18 Å². The fraction of sp³-hybridized carbons (Fsp3) is 0.0870. The number of hydrogen-bond donors (Lipinski definition) is 0. The van der Waals surface area contributed by atoms with Gasteiger partial charge in [-0.3, -0.25) is 0 Å². The first-order valence-corrected chi connectivity index (χ1v) is 9.81. The van der Waals surface area contributed by atoms with Crippen molar-refractivity contribution in [2.24, 2.45) is 0 Å². The topological polar surface area (TPSA) is 17.8 Å². The Morgan fingerprint density at radius 2 is 1.63 bits per heavy atom. The predicted octanol–water partition coefficient (Wildman–Crippen LogP) is 7.58. The van der Waals surface area contributed by atoms with Crippen molar-refractivity contribution in [1.29, 1.82) is 0 Å². The summed E-state index contributed by atoms with van der Waals surface area (Å²) < 4.78 is 40.5. The van der Waals surface area contributed by atoms with Crippen molar-refractivity contribution in [3.63, 3.8) is 0 Å². The Bertz CT molecular complexity index is 1230. The van der Waals surface area contributed by atoms with Crippen molar-refractivity contribution >= 4 is 46.4 Å². The van der Waals surface area contributed by atoms with E-state index in [1.165, 1.54) is 12.1 Å². The Balaban J connectivity index is 1.71. The quantitative estimate of drug-likeness (QED) is 0.315. The van der Waals surface area contributed by atoms with Crippen LogP contribution in [-0.2, 0) is 12.7 Å². The van der Waals surface area contributed by atoms with Crippen molar-refractivity contribution in [1.82, 2.24) is 9.55 Å². The van der Waals surface area contributed by atoms with E-state index in [4.69, 9.17) is 23.2 Å². The molecule has 4 rings (SSSR count). The fourth-order valence-corrected chi connectivity index (χ4v) is 3.64. The molecule has 0 aliphatic heterocycles. The number of nitrogens with zero attached hydrogens (tertiary/aromatic N) is 2. The molecule has 30 heavy (non-hydrogen) atoms. The first kappa shape index (κ1) is 20.5.